The Morgan fingerprint density at radius 2 is 2.29 bits per heavy atom. The lowest BCUT2D eigenvalue weighted by atomic mass is 10.1. The topological polar surface area (TPSA) is 55.1 Å². The van der Waals surface area contributed by atoms with Crippen molar-refractivity contribution in [3.8, 4) is 0 Å². The van der Waals surface area contributed by atoms with Crippen molar-refractivity contribution in [3.63, 3.8) is 0 Å². The first-order chi connectivity index (χ1) is 6.60. The fraction of sp³-hybridized carbons (Fsp3) is 0.778. The average molecular weight is 234 g/mol. The molecule has 0 saturated heterocycles. The van der Waals surface area contributed by atoms with E-state index in [0.29, 0.717) is 17.8 Å². The molecular weight excluding hydrogens is 216 g/mol. The second kappa shape index (κ2) is 8.05. The maximum Gasteiger partial charge on any atom is 0.221 e. The summed E-state index contributed by atoms with van der Waals surface area (Å²) in [6.45, 7) is 2.01. The zero-order chi connectivity index (χ0) is 11.0. The van der Waals surface area contributed by atoms with Gasteiger partial charge < -0.3 is 11.1 Å². The van der Waals surface area contributed by atoms with Gasteiger partial charge in [0.1, 0.15) is 0 Å². The van der Waals surface area contributed by atoms with E-state index in [1.54, 1.807) is 11.8 Å². The minimum absolute atomic E-state index is 0.0856. The van der Waals surface area contributed by atoms with Gasteiger partial charge in [-0.05, 0) is 12.7 Å². The Hall–Kier alpha value is -0.290. The number of rotatable bonds is 7. The molecule has 0 aliphatic carbocycles. The van der Waals surface area contributed by atoms with Crippen LogP contribution in [0.1, 0.15) is 26.2 Å². The quantitative estimate of drug-likeness (QED) is 0.652. The van der Waals surface area contributed by atoms with Crippen molar-refractivity contribution in [1.82, 2.24) is 5.32 Å². The average Bonchev–Trinajstić information content (AvgIpc) is 2.12. The molecule has 0 bridgehead atoms. The third-order valence-electron chi connectivity index (χ3n) is 1.84. The monoisotopic (exact) mass is 234 g/mol. The molecule has 5 heteroatoms. The van der Waals surface area contributed by atoms with Crippen LogP contribution in [0, 0.1) is 0 Å². The van der Waals surface area contributed by atoms with Gasteiger partial charge in [0, 0.05) is 24.6 Å². The van der Waals surface area contributed by atoms with Gasteiger partial charge in [0.15, 0.2) is 0 Å². The van der Waals surface area contributed by atoms with E-state index >= 15 is 0 Å². The van der Waals surface area contributed by atoms with Crippen LogP contribution in [-0.4, -0.2) is 28.9 Å². The highest BCUT2D eigenvalue weighted by Gasteiger charge is 2.10. The van der Waals surface area contributed by atoms with Crippen molar-refractivity contribution in [2.45, 2.75) is 32.2 Å². The summed E-state index contributed by atoms with van der Waals surface area (Å²) >= 11 is 6.47. The number of nitrogens with one attached hydrogen (secondary N) is 1. The highest BCUT2D eigenvalue weighted by molar-refractivity contribution is 7.98. The molecule has 0 radical (unpaired) electrons. The van der Waals surface area contributed by atoms with Crippen LogP contribution in [0.15, 0.2) is 0 Å². The Kier molecular flexibility index (Phi) is 7.89. The summed E-state index contributed by atoms with van der Waals surface area (Å²) in [5.74, 6) is 0.942. The van der Waals surface area contributed by atoms with E-state index in [4.69, 9.17) is 18.0 Å². The molecule has 1 unspecified atom stereocenters. The lowest BCUT2D eigenvalue weighted by Crippen LogP contribution is -2.37. The fourth-order valence-electron chi connectivity index (χ4n) is 1.03. The van der Waals surface area contributed by atoms with Gasteiger partial charge in [-0.25, -0.2) is 0 Å². The molecule has 0 aliphatic rings. The van der Waals surface area contributed by atoms with E-state index in [0.717, 1.165) is 12.2 Å². The van der Waals surface area contributed by atoms with Crippen molar-refractivity contribution in [2.75, 3.05) is 12.0 Å². The minimum atomic E-state index is 0.0856. The van der Waals surface area contributed by atoms with E-state index in [1.807, 2.05) is 13.2 Å². The molecule has 0 spiro atoms. The summed E-state index contributed by atoms with van der Waals surface area (Å²) in [5.41, 5.74) is 5.42. The Morgan fingerprint density at radius 1 is 1.64 bits per heavy atom. The van der Waals surface area contributed by atoms with E-state index in [1.165, 1.54) is 0 Å². The second-order valence-corrected chi connectivity index (χ2v) is 4.60. The molecular formula is C9H18N2OS2. The van der Waals surface area contributed by atoms with Crippen LogP contribution in [0.5, 0.6) is 0 Å². The molecule has 0 fully saturated rings. The second-order valence-electron chi connectivity index (χ2n) is 3.09. The van der Waals surface area contributed by atoms with Crippen molar-refractivity contribution in [3.05, 3.63) is 0 Å². The highest BCUT2D eigenvalue weighted by Crippen LogP contribution is 2.00. The molecule has 82 valence electrons. The van der Waals surface area contributed by atoms with Crippen molar-refractivity contribution >= 4 is 34.9 Å². The molecule has 1 atom stereocenters. The highest BCUT2D eigenvalue weighted by atomic mass is 32.2. The van der Waals surface area contributed by atoms with E-state index < -0.39 is 0 Å². The predicted molar refractivity (Wildman–Crippen MR) is 66.6 cm³/mol. The number of thiocarbonyl (C=S) groups is 1. The predicted octanol–water partition coefficient (Wildman–Crippen LogP) is 1.31. The summed E-state index contributed by atoms with van der Waals surface area (Å²) in [6.07, 6.45) is 4.01. The zero-order valence-electron chi connectivity index (χ0n) is 8.71. The maximum atomic E-state index is 11.3. The summed E-state index contributed by atoms with van der Waals surface area (Å²) in [4.78, 5) is 11.8. The largest absolute Gasteiger partial charge is 0.393 e. The van der Waals surface area contributed by atoms with Gasteiger partial charge in [0.05, 0.1) is 4.99 Å². The Bertz CT molecular complexity index is 197. The Morgan fingerprint density at radius 3 is 2.71 bits per heavy atom. The number of thioether (sulfide) groups is 1. The minimum Gasteiger partial charge on any atom is -0.393 e. The number of carbonyl (C=O) groups excluding carboxylic acids is 1. The zero-order valence-corrected chi connectivity index (χ0v) is 10.3. The van der Waals surface area contributed by atoms with Crippen LogP contribution < -0.4 is 11.1 Å². The van der Waals surface area contributed by atoms with Gasteiger partial charge in [0.2, 0.25) is 5.91 Å². The lowest BCUT2D eigenvalue weighted by molar-refractivity contribution is -0.121. The molecule has 0 saturated carbocycles. The summed E-state index contributed by atoms with van der Waals surface area (Å²) < 4.78 is 0. The van der Waals surface area contributed by atoms with Crippen molar-refractivity contribution < 1.29 is 4.79 Å². The number of amides is 1. The molecule has 1 amide bonds. The van der Waals surface area contributed by atoms with Gasteiger partial charge in [-0.2, -0.15) is 11.8 Å². The first kappa shape index (κ1) is 13.7. The Labute approximate surface area is 95.2 Å². The fourth-order valence-corrected chi connectivity index (χ4v) is 1.63. The molecule has 0 rings (SSSR count). The molecule has 3 nitrogen and oxygen atoms in total. The molecule has 0 aromatic heterocycles. The van der Waals surface area contributed by atoms with Gasteiger partial charge in [0.25, 0.3) is 0 Å². The first-order valence-corrected chi connectivity index (χ1v) is 6.47. The summed E-state index contributed by atoms with van der Waals surface area (Å²) in [6, 6.07) is 0.0989. The molecule has 14 heavy (non-hydrogen) atoms. The van der Waals surface area contributed by atoms with Crippen molar-refractivity contribution in [1.29, 1.82) is 0 Å². The number of nitrogens with two attached hydrogens (primary N) is 1. The summed E-state index contributed by atoms with van der Waals surface area (Å²) in [7, 11) is 0. The lowest BCUT2D eigenvalue weighted by Gasteiger charge is -2.15. The first-order valence-electron chi connectivity index (χ1n) is 4.66. The van der Waals surface area contributed by atoms with E-state index in [-0.39, 0.29) is 11.9 Å². The van der Waals surface area contributed by atoms with Crippen LogP contribution in [-0.2, 0) is 4.79 Å². The summed E-state index contributed by atoms with van der Waals surface area (Å²) in [5, 5.41) is 2.91. The standard InChI is InChI=1S/C9H18N2OS2/c1-3-7(6-8(10)13)11-9(12)4-5-14-2/h7H,3-6H2,1-2H3,(H2,10,13)(H,11,12). The molecule has 0 heterocycles. The SMILES string of the molecule is CCC(CC(N)=S)NC(=O)CCSC. The van der Waals surface area contributed by atoms with Crippen LogP contribution in [0.3, 0.4) is 0 Å². The van der Waals surface area contributed by atoms with Crippen LogP contribution in [0.2, 0.25) is 0 Å². The van der Waals surface area contributed by atoms with Gasteiger partial charge >= 0.3 is 0 Å². The van der Waals surface area contributed by atoms with Gasteiger partial charge in [-0.15, -0.1) is 0 Å². The normalized spacial score (nSPS) is 12.1. The number of hydrogen-bond acceptors (Lipinski definition) is 3. The third-order valence-corrected chi connectivity index (χ3v) is 2.62. The molecule has 3 N–H and O–H groups in total. The number of carbonyl (C=O) groups is 1. The van der Waals surface area contributed by atoms with E-state index in [2.05, 4.69) is 5.32 Å². The van der Waals surface area contributed by atoms with Crippen molar-refractivity contribution in [2.24, 2.45) is 5.73 Å². The van der Waals surface area contributed by atoms with Gasteiger partial charge in [-0.1, -0.05) is 19.1 Å². The molecule has 0 aliphatic heterocycles. The smallest absolute Gasteiger partial charge is 0.221 e. The molecule has 0 aromatic rings. The van der Waals surface area contributed by atoms with Crippen LogP contribution >= 0.6 is 24.0 Å². The van der Waals surface area contributed by atoms with Crippen LogP contribution in [0.25, 0.3) is 0 Å². The number of hydrogen-bond donors (Lipinski definition) is 2. The Balaban J connectivity index is 3.80. The molecule has 0 aromatic carbocycles. The van der Waals surface area contributed by atoms with E-state index in [9.17, 15) is 4.79 Å². The van der Waals surface area contributed by atoms with Gasteiger partial charge in [-0.3, -0.25) is 4.79 Å². The maximum absolute atomic E-state index is 11.3. The van der Waals surface area contributed by atoms with Crippen LogP contribution in [0.4, 0.5) is 0 Å². The third kappa shape index (κ3) is 7.15.